The Labute approximate surface area is 106 Å². The second kappa shape index (κ2) is 6.14. The summed E-state index contributed by atoms with van der Waals surface area (Å²) in [6, 6.07) is 3.38. The summed E-state index contributed by atoms with van der Waals surface area (Å²) in [5, 5.41) is 9.80. The van der Waals surface area contributed by atoms with E-state index < -0.39 is 17.7 Å². The van der Waals surface area contributed by atoms with Crippen LogP contribution >= 0.6 is 0 Å². The van der Waals surface area contributed by atoms with Gasteiger partial charge in [0.15, 0.2) is 11.6 Å². The zero-order chi connectivity index (χ0) is 13.0. The summed E-state index contributed by atoms with van der Waals surface area (Å²) in [6.45, 7) is 0.127. The van der Waals surface area contributed by atoms with Crippen molar-refractivity contribution in [3.8, 4) is 5.75 Å². The van der Waals surface area contributed by atoms with E-state index in [2.05, 4.69) is 0 Å². The van der Waals surface area contributed by atoms with Crippen molar-refractivity contribution in [3.63, 3.8) is 0 Å². The van der Waals surface area contributed by atoms with Crippen LogP contribution in [0.2, 0.25) is 0 Å². The number of hydrogen-bond donors (Lipinski definition) is 1. The van der Waals surface area contributed by atoms with Crippen LogP contribution in [-0.2, 0) is 0 Å². The molecule has 0 heterocycles. The summed E-state index contributed by atoms with van der Waals surface area (Å²) >= 11 is 0. The SMILES string of the molecule is OC(COc1ccc(F)c(F)c1)CC1CCCC1. The Morgan fingerprint density at radius 1 is 1.22 bits per heavy atom. The van der Waals surface area contributed by atoms with Crippen LogP contribution in [0.15, 0.2) is 18.2 Å². The predicted octanol–water partition coefficient (Wildman–Crippen LogP) is 3.28. The first-order valence-electron chi connectivity index (χ1n) is 6.41. The van der Waals surface area contributed by atoms with Gasteiger partial charge in [0.1, 0.15) is 12.4 Å². The summed E-state index contributed by atoms with van der Waals surface area (Å²) in [4.78, 5) is 0. The van der Waals surface area contributed by atoms with Crippen LogP contribution in [0.5, 0.6) is 5.75 Å². The summed E-state index contributed by atoms with van der Waals surface area (Å²) in [5.74, 6) is -1.00. The lowest BCUT2D eigenvalue weighted by Gasteiger charge is -2.16. The van der Waals surface area contributed by atoms with E-state index in [0.29, 0.717) is 5.92 Å². The molecule has 1 saturated carbocycles. The third-order valence-corrected chi connectivity index (χ3v) is 3.41. The molecule has 0 aliphatic heterocycles. The highest BCUT2D eigenvalue weighted by Gasteiger charge is 2.19. The topological polar surface area (TPSA) is 29.5 Å². The summed E-state index contributed by atoms with van der Waals surface area (Å²) in [5.41, 5.74) is 0. The Balaban J connectivity index is 1.77. The Kier molecular flexibility index (Phi) is 4.53. The van der Waals surface area contributed by atoms with Gasteiger partial charge < -0.3 is 9.84 Å². The Bertz CT molecular complexity index is 389. The molecule has 1 aromatic carbocycles. The minimum Gasteiger partial charge on any atom is -0.491 e. The summed E-state index contributed by atoms with van der Waals surface area (Å²) in [6.07, 6.45) is 5.00. The number of aliphatic hydroxyl groups is 1. The van der Waals surface area contributed by atoms with Crippen molar-refractivity contribution in [2.24, 2.45) is 5.92 Å². The van der Waals surface area contributed by atoms with E-state index in [0.717, 1.165) is 18.6 Å². The van der Waals surface area contributed by atoms with Crippen molar-refractivity contribution >= 4 is 0 Å². The second-order valence-electron chi connectivity index (χ2n) is 4.93. The van der Waals surface area contributed by atoms with E-state index in [-0.39, 0.29) is 12.4 Å². The molecule has 1 atom stereocenters. The number of aliphatic hydroxyl groups excluding tert-OH is 1. The van der Waals surface area contributed by atoms with Crippen LogP contribution in [0.3, 0.4) is 0 Å². The lowest BCUT2D eigenvalue weighted by atomic mass is 10.0. The first-order valence-corrected chi connectivity index (χ1v) is 6.41. The standard InChI is InChI=1S/C14H18F2O2/c15-13-6-5-12(8-14(13)16)18-9-11(17)7-10-3-1-2-4-10/h5-6,8,10-11,17H,1-4,7,9H2. The number of ether oxygens (including phenoxy) is 1. The van der Waals surface area contributed by atoms with Gasteiger partial charge in [-0.2, -0.15) is 0 Å². The monoisotopic (exact) mass is 256 g/mol. The highest BCUT2D eigenvalue weighted by atomic mass is 19.2. The fraction of sp³-hybridized carbons (Fsp3) is 0.571. The Hall–Kier alpha value is -1.16. The van der Waals surface area contributed by atoms with E-state index in [4.69, 9.17) is 4.74 Å². The quantitative estimate of drug-likeness (QED) is 0.876. The third-order valence-electron chi connectivity index (χ3n) is 3.41. The van der Waals surface area contributed by atoms with Crippen molar-refractivity contribution in [1.29, 1.82) is 0 Å². The van der Waals surface area contributed by atoms with Gasteiger partial charge in [0.25, 0.3) is 0 Å². The summed E-state index contributed by atoms with van der Waals surface area (Å²) in [7, 11) is 0. The number of halogens is 2. The van der Waals surface area contributed by atoms with Gasteiger partial charge in [0.2, 0.25) is 0 Å². The van der Waals surface area contributed by atoms with Gasteiger partial charge >= 0.3 is 0 Å². The van der Waals surface area contributed by atoms with E-state index in [1.54, 1.807) is 0 Å². The lowest BCUT2D eigenvalue weighted by molar-refractivity contribution is 0.0853. The maximum absolute atomic E-state index is 12.9. The molecular formula is C14H18F2O2. The molecule has 2 rings (SSSR count). The van der Waals surface area contributed by atoms with Gasteiger partial charge in [-0.3, -0.25) is 0 Å². The zero-order valence-corrected chi connectivity index (χ0v) is 10.2. The molecule has 0 aromatic heterocycles. The predicted molar refractivity (Wildman–Crippen MR) is 64.4 cm³/mol. The van der Waals surface area contributed by atoms with Crippen LogP contribution in [0, 0.1) is 17.6 Å². The molecular weight excluding hydrogens is 238 g/mol. The van der Waals surface area contributed by atoms with Gasteiger partial charge in [-0.15, -0.1) is 0 Å². The Morgan fingerprint density at radius 3 is 2.61 bits per heavy atom. The second-order valence-corrected chi connectivity index (χ2v) is 4.93. The molecule has 1 aromatic rings. The fourth-order valence-corrected chi connectivity index (χ4v) is 2.46. The molecule has 1 unspecified atom stereocenters. The van der Waals surface area contributed by atoms with E-state index in [9.17, 15) is 13.9 Å². The van der Waals surface area contributed by atoms with Crippen molar-refractivity contribution in [2.75, 3.05) is 6.61 Å². The number of rotatable bonds is 5. The molecule has 0 bridgehead atoms. The average Bonchev–Trinajstić information content (AvgIpc) is 2.83. The number of benzene rings is 1. The molecule has 2 nitrogen and oxygen atoms in total. The Morgan fingerprint density at radius 2 is 1.94 bits per heavy atom. The maximum Gasteiger partial charge on any atom is 0.162 e. The fourth-order valence-electron chi connectivity index (χ4n) is 2.46. The van der Waals surface area contributed by atoms with E-state index >= 15 is 0 Å². The number of hydrogen-bond acceptors (Lipinski definition) is 2. The third kappa shape index (κ3) is 3.67. The molecule has 1 fully saturated rings. The first kappa shape index (κ1) is 13.3. The van der Waals surface area contributed by atoms with Gasteiger partial charge in [0.05, 0.1) is 6.10 Å². The van der Waals surface area contributed by atoms with Crippen molar-refractivity contribution < 1.29 is 18.6 Å². The molecule has 1 N–H and O–H groups in total. The molecule has 18 heavy (non-hydrogen) atoms. The molecule has 0 saturated heterocycles. The summed E-state index contributed by atoms with van der Waals surface area (Å²) < 4.78 is 30.9. The lowest BCUT2D eigenvalue weighted by Crippen LogP contribution is -2.20. The maximum atomic E-state index is 12.9. The van der Waals surface area contributed by atoms with Crippen LogP contribution in [0.25, 0.3) is 0 Å². The van der Waals surface area contributed by atoms with Crippen molar-refractivity contribution in [3.05, 3.63) is 29.8 Å². The average molecular weight is 256 g/mol. The molecule has 0 amide bonds. The largest absolute Gasteiger partial charge is 0.491 e. The minimum absolute atomic E-state index is 0.127. The highest BCUT2D eigenvalue weighted by molar-refractivity contribution is 5.23. The van der Waals surface area contributed by atoms with Gasteiger partial charge in [-0.1, -0.05) is 25.7 Å². The molecule has 1 aliphatic carbocycles. The minimum atomic E-state index is -0.933. The molecule has 0 spiro atoms. The van der Waals surface area contributed by atoms with E-state index in [1.165, 1.54) is 31.7 Å². The first-order chi connectivity index (χ1) is 8.65. The van der Waals surface area contributed by atoms with Crippen LogP contribution in [0.1, 0.15) is 32.1 Å². The normalized spacial score (nSPS) is 17.9. The highest BCUT2D eigenvalue weighted by Crippen LogP contribution is 2.28. The van der Waals surface area contributed by atoms with Gasteiger partial charge in [-0.25, -0.2) is 8.78 Å². The molecule has 0 radical (unpaired) electrons. The smallest absolute Gasteiger partial charge is 0.162 e. The molecule has 100 valence electrons. The van der Waals surface area contributed by atoms with Crippen molar-refractivity contribution in [1.82, 2.24) is 0 Å². The van der Waals surface area contributed by atoms with Crippen LogP contribution < -0.4 is 4.74 Å². The molecule has 1 aliphatic rings. The van der Waals surface area contributed by atoms with E-state index in [1.807, 2.05) is 0 Å². The van der Waals surface area contributed by atoms with Gasteiger partial charge in [0, 0.05) is 6.07 Å². The van der Waals surface area contributed by atoms with Gasteiger partial charge in [-0.05, 0) is 24.5 Å². The van der Waals surface area contributed by atoms with Crippen molar-refractivity contribution in [2.45, 2.75) is 38.2 Å². The van der Waals surface area contributed by atoms with Crippen LogP contribution in [-0.4, -0.2) is 17.8 Å². The zero-order valence-electron chi connectivity index (χ0n) is 10.2. The molecule has 4 heteroatoms. The van der Waals surface area contributed by atoms with Crippen LogP contribution in [0.4, 0.5) is 8.78 Å².